The molecule has 0 fully saturated rings. The highest BCUT2D eigenvalue weighted by Gasteiger charge is 2.14. The monoisotopic (exact) mass is 442 g/mol. The Morgan fingerprint density at radius 3 is 2.97 bits per heavy atom. The fourth-order valence-corrected chi connectivity index (χ4v) is 4.62. The van der Waals surface area contributed by atoms with E-state index in [1.807, 2.05) is 47.5 Å². The number of hydrazone groups is 1. The van der Waals surface area contributed by atoms with Gasteiger partial charge < -0.3 is 4.57 Å². The molecule has 0 saturated carbocycles. The zero-order valence-electron chi connectivity index (χ0n) is 17.8. The number of H-pyrrole nitrogens is 1. The summed E-state index contributed by atoms with van der Waals surface area (Å²) in [5.41, 5.74) is 8.64. The number of benzene rings is 2. The van der Waals surface area contributed by atoms with E-state index >= 15 is 0 Å². The van der Waals surface area contributed by atoms with Crippen LogP contribution < -0.4 is 0 Å². The van der Waals surface area contributed by atoms with Crippen LogP contribution in [0.3, 0.4) is 0 Å². The van der Waals surface area contributed by atoms with E-state index in [1.54, 1.807) is 17.6 Å². The molecular formula is C24H22N6OS. The molecule has 2 aromatic carbocycles. The maximum atomic E-state index is 11.9. The predicted octanol–water partition coefficient (Wildman–Crippen LogP) is 4.38. The average molecular weight is 443 g/mol. The van der Waals surface area contributed by atoms with Crippen LogP contribution in [0.25, 0.3) is 21.8 Å². The smallest absolute Gasteiger partial charge is 0.167 e. The van der Waals surface area contributed by atoms with Crippen LogP contribution in [0.15, 0.2) is 58.6 Å². The van der Waals surface area contributed by atoms with Crippen LogP contribution in [-0.4, -0.2) is 44.3 Å². The minimum absolute atomic E-state index is 0.611. The summed E-state index contributed by atoms with van der Waals surface area (Å²) in [6, 6.07) is 12.4. The van der Waals surface area contributed by atoms with Crippen molar-refractivity contribution in [3.63, 3.8) is 0 Å². The lowest BCUT2D eigenvalue weighted by Gasteiger charge is -2.13. The summed E-state index contributed by atoms with van der Waals surface area (Å²) in [6.07, 6.45) is 5.28. The SMILES string of the molecule is CN(Cc1cccc2[nH]ncc12)/N=C\c1c(C=O)n(C)c2cc(Cc3cscn3)ccc12. The Morgan fingerprint density at radius 1 is 1.25 bits per heavy atom. The second-order valence-corrected chi connectivity index (χ2v) is 8.51. The molecule has 0 saturated heterocycles. The number of aromatic nitrogens is 4. The Balaban J connectivity index is 1.44. The van der Waals surface area contributed by atoms with Gasteiger partial charge in [-0.2, -0.15) is 10.2 Å². The summed E-state index contributed by atoms with van der Waals surface area (Å²) in [6.45, 7) is 0.631. The second kappa shape index (κ2) is 8.39. The topological polar surface area (TPSA) is 79.2 Å². The Kier molecular flexibility index (Phi) is 5.28. The molecule has 3 heterocycles. The van der Waals surface area contributed by atoms with Gasteiger partial charge in [-0.3, -0.25) is 14.9 Å². The van der Waals surface area contributed by atoms with E-state index in [-0.39, 0.29) is 0 Å². The molecule has 8 heteroatoms. The van der Waals surface area contributed by atoms with Gasteiger partial charge in [0.2, 0.25) is 0 Å². The summed E-state index contributed by atoms with van der Waals surface area (Å²) in [7, 11) is 3.84. The minimum Gasteiger partial charge on any atom is -0.341 e. The Hall–Kier alpha value is -3.78. The molecule has 0 spiro atoms. The van der Waals surface area contributed by atoms with Crippen LogP contribution in [-0.2, 0) is 20.0 Å². The zero-order chi connectivity index (χ0) is 22.1. The number of fused-ring (bicyclic) bond motifs is 2. The van der Waals surface area contributed by atoms with Crippen molar-refractivity contribution in [2.75, 3.05) is 7.05 Å². The van der Waals surface area contributed by atoms with Gasteiger partial charge in [0, 0.05) is 47.7 Å². The molecule has 0 unspecified atom stereocenters. The molecule has 0 aliphatic heterocycles. The zero-order valence-corrected chi connectivity index (χ0v) is 18.6. The van der Waals surface area contributed by atoms with Crippen LogP contribution in [0.5, 0.6) is 0 Å². The van der Waals surface area contributed by atoms with E-state index < -0.39 is 0 Å². The fourth-order valence-electron chi connectivity index (χ4n) is 4.06. The van der Waals surface area contributed by atoms with Crippen LogP contribution in [0.2, 0.25) is 0 Å². The van der Waals surface area contributed by atoms with Crippen molar-refractivity contribution in [1.29, 1.82) is 0 Å². The third-order valence-electron chi connectivity index (χ3n) is 5.69. The number of rotatable bonds is 7. The predicted molar refractivity (Wildman–Crippen MR) is 128 cm³/mol. The largest absolute Gasteiger partial charge is 0.341 e. The normalized spacial score (nSPS) is 11.7. The number of hydrogen-bond donors (Lipinski definition) is 1. The van der Waals surface area contributed by atoms with Crippen molar-refractivity contribution >= 4 is 45.6 Å². The van der Waals surface area contributed by atoms with Crippen LogP contribution in [0.1, 0.15) is 32.9 Å². The molecule has 5 aromatic rings. The molecule has 0 aliphatic rings. The van der Waals surface area contributed by atoms with Crippen molar-refractivity contribution in [3.8, 4) is 0 Å². The first-order chi connectivity index (χ1) is 15.6. The van der Waals surface area contributed by atoms with Crippen molar-refractivity contribution in [2.45, 2.75) is 13.0 Å². The first-order valence-corrected chi connectivity index (χ1v) is 11.2. The molecule has 0 bridgehead atoms. The lowest BCUT2D eigenvalue weighted by atomic mass is 10.1. The molecule has 32 heavy (non-hydrogen) atoms. The highest BCUT2D eigenvalue weighted by molar-refractivity contribution is 7.07. The number of carbonyl (C=O) groups is 1. The highest BCUT2D eigenvalue weighted by Crippen LogP contribution is 2.26. The molecular weight excluding hydrogens is 420 g/mol. The number of nitrogens with zero attached hydrogens (tertiary/aromatic N) is 5. The highest BCUT2D eigenvalue weighted by atomic mass is 32.1. The first-order valence-electron chi connectivity index (χ1n) is 10.2. The van der Waals surface area contributed by atoms with Crippen LogP contribution >= 0.6 is 11.3 Å². The summed E-state index contributed by atoms with van der Waals surface area (Å²) >= 11 is 1.60. The molecule has 5 rings (SSSR count). The Labute approximate surface area is 189 Å². The molecule has 0 radical (unpaired) electrons. The maximum Gasteiger partial charge on any atom is 0.167 e. The number of carbonyl (C=O) groups excluding carboxylic acids is 1. The summed E-state index contributed by atoms with van der Waals surface area (Å²) in [4.78, 5) is 16.3. The molecule has 0 amide bonds. The third kappa shape index (κ3) is 3.69. The van der Waals surface area contributed by atoms with Gasteiger partial charge in [0.05, 0.1) is 41.4 Å². The number of nitrogens with one attached hydrogen (secondary N) is 1. The van der Waals surface area contributed by atoms with Crippen molar-refractivity contribution in [3.05, 3.63) is 81.6 Å². The fraction of sp³-hybridized carbons (Fsp3) is 0.167. The van der Waals surface area contributed by atoms with Gasteiger partial charge in [-0.15, -0.1) is 11.3 Å². The summed E-state index contributed by atoms with van der Waals surface area (Å²) in [5, 5.41) is 17.8. The second-order valence-electron chi connectivity index (χ2n) is 7.79. The van der Waals surface area contributed by atoms with E-state index in [2.05, 4.69) is 49.9 Å². The van der Waals surface area contributed by atoms with Gasteiger partial charge >= 0.3 is 0 Å². The third-order valence-corrected chi connectivity index (χ3v) is 6.32. The van der Waals surface area contributed by atoms with E-state index in [4.69, 9.17) is 0 Å². The van der Waals surface area contributed by atoms with Gasteiger partial charge in [0.1, 0.15) is 0 Å². The van der Waals surface area contributed by atoms with E-state index in [9.17, 15) is 4.79 Å². The van der Waals surface area contributed by atoms with Gasteiger partial charge in [-0.1, -0.05) is 24.3 Å². The van der Waals surface area contributed by atoms with E-state index in [0.29, 0.717) is 12.2 Å². The molecule has 0 aliphatic carbocycles. The molecule has 160 valence electrons. The lowest BCUT2D eigenvalue weighted by molar-refractivity contribution is 0.111. The minimum atomic E-state index is 0.611. The van der Waals surface area contributed by atoms with Gasteiger partial charge in [0.25, 0.3) is 0 Å². The first kappa shape index (κ1) is 20.1. The van der Waals surface area contributed by atoms with Gasteiger partial charge in [-0.05, 0) is 23.3 Å². The van der Waals surface area contributed by atoms with Gasteiger partial charge in [-0.25, -0.2) is 4.98 Å². The number of aromatic amines is 1. The number of aryl methyl sites for hydroxylation is 1. The quantitative estimate of drug-likeness (QED) is 0.230. The summed E-state index contributed by atoms with van der Waals surface area (Å²) in [5.74, 6) is 0. The Morgan fingerprint density at radius 2 is 2.16 bits per heavy atom. The molecule has 3 aromatic heterocycles. The summed E-state index contributed by atoms with van der Waals surface area (Å²) < 4.78 is 1.93. The van der Waals surface area contributed by atoms with Crippen LogP contribution in [0, 0.1) is 0 Å². The van der Waals surface area contributed by atoms with Gasteiger partial charge in [0.15, 0.2) is 6.29 Å². The van der Waals surface area contributed by atoms with E-state index in [0.717, 1.165) is 56.9 Å². The molecule has 7 nitrogen and oxygen atoms in total. The Bertz CT molecular complexity index is 1430. The van der Waals surface area contributed by atoms with E-state index in [1.165, 1.54) is 0 Å². The number of hydrogen-bond acceptors (Lipinski definition) is 6. The lowest BCUT2D eigenvalue weighted by Crippen LogP contribution is -2.11. The number of thiazole rings is 1. The molecule has 1 N–H and O–H groups in total. The average Bonchev–Trinajstić information content (AvgIpc) is 3.53. The maximum absolute atomic E-state index is 11.9. The molecule has 0 atom stereocenters. The van der Waals surface area contributed by atoms with Crippen molar-refractivity contribution in [1.82, 2.24) is 24.8 Å². The number of aldehydes is 1. The van der Waals surface area contributed by atoms with Crippen molar-refractivity contribution in [2.24, 2.45) is 12.1 Å². The van der Waals surface area contributed by atoms with Crippen molar-refractivity contribution < 1.29 is 4.79 Å². The standard InChI is InChI=1S/C24H22N6OS/c1-29(12-17-4-3-5-22-20(17)10-26-28-22)27-11-21-19-7-6-16(8-18-14-32-15-25-18)9-23(19)30(2)24(21)13-31/h3-7,9-11,13-15H,8,12H2,1-2H3,(H,26,28)/b27-11-. The van der Waals surface area contributed by atoms with Crippen LogP contribution in [0.4, 0.5) is 0 Å².